The second-order valence-corrected chi connectivity index (χ2v) is 5.78. The van der Waals surface area contributed by atoms with Gasteiger partial charge in [0.15, 0.2) is 11.5 Å². The van der Waals surface area contributed by atoms with E-state index in [1.807, 2.05) is 67.6 Å². The number of H-pyrrole nitrogens is 1. The predicted octanol–water partition coefficient (Wildman–Crippen LogP) is 1.91. The molecular weight excluding hydrogens is 316 g/mol. The Hall–Kier alpha value is -3.21. The number of ether oxygens (including phenoxy) is 2. The van der Waals surface area contributed by atoms with Crippen LogP contribution in [0.25, 0.3) is 17.8 Å². The SMILES string of the molecule is CCC=c1[nH]n(-c2ccccc2)c(=O)c1=Cc1ccc2c(c1)OCO2. The fourth-order valence-electron chi connectivity index (χ4n) is 2.89. The normalized spacial score (nSPS) is 14.3. The molecule has 0 saturated heterocycles. The summed E-state index contributed by atoms with van der Waals surface area (Å²) in [6.07, 6.45) is 4.72. The van der Waals surface area contributed by atoms with Crippen LogP contribution in [0.4, 0.5) is 0 Å². The van der Waals surface area contributed by atoms with Crippen molar-refractivity contribution in [3.05, 3.63) is 75.0 Å². The average Bonchev–Trinajstić information content (AvgIpc) is 3.22. The van der Waals surface area contributed by atoms with E-state index in [4.69, 9.17) is 9.47 Å². The summed E-state index contributed by atoms with van der Waals surface area (Å²) in [5.41, 5.74) is 1.62. The Morgan fingerprint density at radius 2 is 1.92 bits per heavy atom. The second kappa shape index (κ2) is 6.36. The molecule has 0 saturated carbocycles. The van der Waals surface area contributed by atoms with Crippen molar-refractivity contribution in [3.63, 3.8) is 0 Å². The van der Waals surface area contributed by atoms with Crippen molar-refractivity contribution < 1.29 is 9.47 Å². The van der Waals surface area contributed by atoms with Gasteiger partial charge in [-0.1, -0.05) is 37.3 Å². The maximum atomic E-state index is 12.9. The lowest BCUT2D eigenvalue weighted by Gasteiger charge is -1.99. The van der Waals surface area contributed by atoms with Gasteiger partial charge in [-0.05, 0) is 42.3 Å². The van der Waals surface area contributed by atoms with Crippen LogP contribution >= 0.6 is 0 Å². The first kappa shape index (κ1) is 15.3. The number of para-hydroxylation sites is 1. The molecule has 2 aromatic carbocycles. The van der Waals surface area contributed by atoms with E-state index in [9.17, 15) is 4.79 Å². The highest BCUT2D eigenvalue weighted by atomic mass is 16.7. The van der Waals surface area contributed by atoms with Crippen LogP contribution in [0.15, 0.2) is 53.3 Å². The third kappa shape index (κ3) is 2.85. The smallest absolute Gasteiger partial charge is 0.279 e. The third-order valence-corrected chi connectivity index (χ3v) is 4.09. The Labute approximate surface area is 144 Å². The summed E-state index contributed by atoms with van der Waals surface area (Å²) in [5, 5.41) is 4.64. The molecule has 0 fully saturated rings. The Morgan fingerprint density at radius 3 is 2.72 bits per heavy atom. The zero-order valence-electron chi connectivity index (χ0n) is 13.9. The van der Waals surface area contributed by atoms with Crippen LogP contribution in [-0.2, 0) is 0 Å². The molecular formula is C20H18N2O3. The van der Waals surface area contributed by atoms with Gasteiger partial charge in [0.2, 0.25) is 6.79 Å². The molecule has 25 heavy (non-hydrogen) atoms. The van der Waals surface area contributed by atoms with E-state index in [0.717, 1.165) is 28.8 Å². The van der Waals surface area contributed by atoms with E-state index in [2.05, 4.69) is 5.10 Å². The highest BCUT2D eigenvalue weighted by Gasteiger charge is 2.13. The lowest BCUT2D eigenvalue weighted by molar-refractivity contribution is 0.174. The average molecular weight is 334 g/mol. The molecule has 0 atom stereocenters. The van der Waals surface area contributed by atoms with Crippen LogP contribution in [0.5, 0.6) is 11.5 Å². The molecule has 4 rings (SSSR count). The van der Waals surface area contributed by atoms with Crippen LogP contribution in [-0.4, -0.2) is 16.6 Å². The number of aromatic nitrogens is 2. The largest absolute Gasteiger partial charge is 0.454 e. The van der Waals surface area contributed by atoms with E-state index in [0.29, 0.717) is 11.0 Å². The van der Waals surface area contributed by atoms with Gasteiger partial charge >= 0.3 is 0 Å². The number of aromatic amines is 1. The summed E-state index contributed by atoms with van der Waals surface area (Å²) < 4.78 is 12.3. The first-order valence-corrected chi connectivity index (χ1v) is 8.24. The number of hydrogen-bond donors (Lipinski definition) is 1. The fraction of sp³-hybridized carbons (Fsp3) is 0.150. The van der Waals surface area contributed by atoms with E-state index in [1.54, 1.807) is 4.68 Å². The van der Waals surface area contributed by atoms with E-state index in [-0.39, 0.29) is 12.4 Å². The molecule has 1 N–H and O–H groups in total. The Bertz CT molecular complexity index is 1080. The number of fused-ring (bicyclic) bond motifs is 1. The van der Waals surface area contributed by atoms with Crippen molar-refractivity contribution in [2.24, 2.45) is 0 Å². The molecule has 1 aromatic heterocycles. The summed E-state index contributed by atoms with van der Waals surface area (Å²) in [6.45, 7) is 2.28. The van der Waals surface area contributed by atoms with Gasteiger partial charge in [0, 0.05) is 0 Å². The van der Waals surface area contributed by atoms with Crippen molar-refractivity contribution >= 4 is 12.2 Å². The van der Waals surface area contributed by atoms with Gasteiger partial charge in [-0.3, -0.25) is 9.89 Å². The van der Waals surface area contributed by atoms with Gasteiger partial charge in [-0.25, -0.2) is 4.68 Å². The van der Waals surface area contributed by atoms with Gasteiger partial charge in [0.1, 0.15) is 0 Å². The van der Waals surface area contributed by atoms with E-state index >= 15 is 0 Å². The van der Waals surface area contributed by atoms with Gasteiger partial charge in [-0.15, -0.1) is 0 Å². The summed E-state index contributed by atoms with van der Waals surface area (Å²) in [7, 11) is 0. The minimum absolute atomic E-state index is 0.0800. The monoisotopic (exact) mass is 334 g/mol. The zero-order valence-corrected chi connectivity index (χ0v) is 13.9. The molecule has 5 nitrogen and oxygen atoms in total. The molecule has 5 heteroatoms. The molecule has 1 aliphatic heterocycles. The molecule has 3 aromatic rings. The molecule has 0 radical (unpaired) electrons. The molecule has 0 amide bonds. The fourth-order valence-corrected chi connectivity index (χ4v) is 2.89. The summed E-state index contributed by atoms with van der Waals surface area (Å²) in [5.74, 6) is 1.43. The van der Waals surface area contributed by atoms with E-state index in [1.165, 1.54) is 0 Å². The lowest BCUT2D eigenvalue weighted by atomic mass is 10.1. The summed E-state index contributed by atoms with van der Waals surface area (Å²) >= 11 is 0. The predicted molar refractivity (Wildman–Crippen MR) is 96.5 cm³/mol. The second-order valence-electron chi connectivity index (χ2n) is 5.78. The van der Waals surface area contributed by atoms with Crippen molar-refractivity contribution in [2.75, 3.05) is 6.79 Å². The minimum atomic E-state index is -0.0800. The summed E-state index contributed by atoms with van der Waals surface area (Å²) in [6, 6.07) is 15.2. The Balaban J connectivity index is 1.91. The van der Waals surface area contributed by atoms with Gasteiger partial charge < -0.3 is 9.47 Å². The Kier molecular flexibility index (Phi) is 3.90. The molecule has 0 spiro atoms. The third-order valence-electron chi connectivity index (χ3n) is 4.09. The standard InChI is InChI=1S/C20H18N2O3/c1-2-6-17-16(11-14-9-10-18-19(12-14)25-13-24-18)20(23)22(21-17)15-7-4-3-5-8-15/h3-12,21H,2,13H2,1H3. The number of nitrogens with zero attached hydrogens (tertiary/aromatic N) is 1. The van der Waals surface area contributed by atoms with E-state index < -0.39 is 0 Å². The van der Waals surface area contributed by atoms with Gasteiger partial charge in [0.05, 0.1) is 16.3 Å². The van der Waals surface area contributed by atoms with Crippen LogP contribution in [0, 0.1) is 0 Å². The quantitative estimate of drug-likeness (QED) is 0.796. The van der Waals surface area contributed by atoms with Crippen LogP contribution in [0.1, 0.15) is 18.9 Å². The summed E-state index contributed by atoms with van der Waals surface area (Å²) in [4.78, 5) is 12.9. The first-order chi connectivity index (χ1) is 12.3. The number of benzene rings is 2. The minimum Gasteiger partial charge on any atom is -0.454 e. The highest BCUT2D eigenvalue weighted by molar-refractivity contribution is 5.56. The van der Waals surface area contributed by atoms with Crippen molar-refractivity contribution in [1.82, 2.24) is 9.78 Å². The highest BCUT2D eigenvalue weighted by Crippen LogP contribution is 2.32. The van der Waals surface area contributed by atoms with Crippen molar-refractivity contribution in [3.8, 4) is 17.2 Å². The van der Waals surface area contributed by atoms with Crippen LogP contribution in [0.2, 0.25) is 0 Å². The number of rotatable bonds is 3. The first-order valence-electron chi connectivity index (χ1n) is 8.24. The zero-order chi connectivity index (χ0) is 17.2. The topological polar surface area (TPSA) is 56.2 Å². The van der Waals surface area contributed by atoms with Gasteiger partial charge in [-0.2, -0.15) is 0 Å². The Morgan fingerprint density at radius 1 is 1.12 bits per heavy atom. The lowest BCUT2D eigenvalue weighted by Crippen LogP contribution is -2.34. The van der Waals surface area contributed by atoms with Gasteiger partial charge in [0.25, 0.3) is 5.56 Å². The molecule has 1 aliphatic rings. The molecule has 0 unspecified atom stereocenters. The molecule has 2 heterocycles. The van der Waals surface area contributed by atoms with Crippen LogP contribution in [0.3, 0.4) is 0 Å². The van der Waals surface area contributed by atoms with Crippen molar-refractivity contribution in [2.45, 2.75) is 13.3 Å². The maximum Gasteiger partial charge on any atom is 0.279 e. The molecule has 0 aliphatic carbocycles. The molecule has 126 valence electrons. The number of hydrogen-bond acceptors (Lipinski definition) is 3. The van der Waals surface area contributed by atoms with Crippen molar-refractivity contribution in [1.29, 1.82) is 0 Å². The molecule has 0 bridgehead atoms. The number of nitrogens with one attached hydrogen (secondary N) is 1. The maximum absolute atomic E-state index is 12.9. The van der Waals surface area contributed by atoms with Crippen LogP contribution < -0.4 is 25.6 Å².